The van der Waals surface area contributed by atoms with Gasteiger partial charge in [-0.1, -0.05) is 0 Å². The van der Waals surface area contributed by atoms with Crippen LogP contribution in [-0.4, -0.2) is 10.9 Å². The van der Waals surface area contributed by atoms with Crippen LogP contribution in [0.2, 0.25) is 0 Å². The number of fused-ring (bicyclic) bond motifs is 1. The number of benzene rings is 1. The van der Waals surface area contributed by atoms with E-state index in [2.05, 4.69) is 4.98 Å². The summed E-state index contributed by atoms with van der Waals surface area (Å²) >= 11 is 0. The zero-order valence-electron chi connectivity index (χ0n) is 7.29. The molecular formula is C10H10N2O. The first-order valence-corrected chi connectivity index (χ1v) is 4.06. The summed E-state index contributed by atoms with van der Waals surface area (Å²) in [6, 6.07) is 5.73. The van der Waals surface area contributed by atoms with Crippen molar-refractivity contribution in [3.63, 3.8) is 0 Å². The van der Waals surface area contributed by atoms with Gasteiger partial charge in [-0.15, -0.1) is 0 Å². The van der Waals surface area contributed by atoms with Crippen LogP contribution in [0.3, 0.4) is 0 Å². The monoisotopic (exact) mass is 174 g/mol. The summed E-state index contributed by atoms with van der Waals surface area (Å²) < 4.78 is 0. The predicted octanol–water partition coefficient (Wildman–Crippen LogP) is 1.58. The number of H-pyrrole nitrogens is 1. The molecule has 0 fully saturated rings. The normalized spacial score (nSPS) is 10.5. The summed E-state index contributed by atoms with van der Waals surface area (Å²) in [5.74, 6) is -0.392. The zero-order valence-corrected chi connectivity index (χ0v) is 7.29. The maximum absolute atomic E-state index is 11.1. The zero-order chi connectivity index (χ0) is 9.42. The van der Waals surface area contributed by atoms with Crippen LogP contribution in [0.4, 0.5) is 0 Å². The molecule has 3 heteroatoms. The van der Waals surface area contributed by atoms with E-state index in [0.29, 0.717) is 5.56 Å². The standard InChI is InChI=1S/C10H10N2O/c1-6-4-7-2-3-12-9(7)8(5-6)10(11)13/h2-5,12H,1H3,(H2,11,13). The number of hydrogen-bond donors (Lipinski definition) is 2. The van der Waals surface area contributed by atoms with E-state index < -0.39 is 5.91 Å². The van der Waals surface area contributed by atoms with Crippen molar-refractivity contribution >= 4 is 16.8 Å². The highest BCUT2D eigenvalue weighted by Crippen LogP contribution is 2.18. The second-order valence-corrected chi connectivity index (χ2v) is 3.12. The highest BCUT2D eigenvalue weighted by atomic mass is 16.1. The molecule has 2 rings (SSSR count). The minimum absolute atomic E-state index is 0.392. The van der Waals surface area contributed by atoms with Gasteiger partial charge in [0.05, 0.1) is 11.1 Å². The van der Waals surface area contributed by atoms with E-state index in [1.807, 2.05) is 19.1 Å². The third-order valence-electron chi connectivity index (χ3n) is 2.07. The van der Waals surface area contributed by atoms with E-state index in [1.54, 1.807) is 12.3 Å². The van der Waals surface area contributed by atoms with Crippen molar-refractivity contribution in [2.75, 3.05) is 0 Å². The molecule has 3 N–H and O–H groups in total. The van der Waals surface area contributed by atoms with Crippen molar-refractivity contribution in [2.45, 2.75) is 6.92 Å². The first kappa shape index (κ1) is 7.86. The molecule has 0 aliphatic carbocycles. The number of aromatic amines is 1. The van der Waals surface area contributed by atoms with Crippen molar-refractivity contribution in [3.05, 3.63) is 35.5 Å². The summed E-state index contributed by atoms with van der Waals surface area (Å²) in [6.07, 6.45) is 1.80. The molecule has 0 atom stereocenters. The van der Waals surface area contributed by atoms with Crippen LogP contribution in [0.5, 0.6) is 0 Å². The third kappa shape index (κ3) is 1.18. The quantitative estimate of drug-likeness (QED) is 0.677. The van der Waals surface area contributed by atoms with E-state index in [9.17, 15) is 4.79 Å². The SMILES string of the molecule is Cc1cc(C(N)=O)c2[nH]ccc2c1. The topological polar surface area (TPSA) is 58.9 Å². The number of nitrogens with two attached hydrogens (primary N) is 1. The Morgan fingerprint density at radius 1 is 1.46 bits per heavy atom. The molecule has 1 amide bonds. The fourth-order valence-corrected chi connectivity index (χ4v) is 1.52. The summed E-state index contributed by atoms with van der Waals surface area (Å²) in [7, 11) is 0. The first-order valence-electron chi connectivity index (χ1n) is 4.06. The van der Waals surface area contributed by atoms with E-state index >= 15 is 0 Å². The van der Waals surface area contributed by atoms with Gasteiger partial charge in [0.25, 0.3) is 5.91 Å². The van der Waals surface area contributed by atoms with Crippen LogP contribution < -0.4 is 5.73 Å². The molecule has 0 bridgehead atoms. The molecule has 0 saturated carbocycles. The van der Waals surface area contributed by atoms with Gasteiger partial charge < -0.3 is 10.7 Å². The summed E-state index contributed by atoms with van der Waals surface area (Å²) in [5.41, 5.74) is 7.66. The molecule has 0 radical (unpaired) electrons. The molecule has 1 heterocycles. The second kappa shape index (κ2) is 2.62. The molecule has 3 nitrogen and oxygen atoms in total. The third-order valence-corrected chi connectivity index (χ3v) is 2.07. The Kier molecular flexibility index (Phi) is 1.59. The van der Waals surface area contributed by atoms with Crippen molar-refractivity contribution in [1.29, 1.82) is 0 Å². The maximum atomic E-state index is 11.1. The smallest absolute Gasteiger partial charge is 0.250 e. The van der Waals surface area contributed by atoms with E-state index in [0.717, 1.165) is 16.5 Å². The molecular weight excluding hydrogens is 164 g/mol. The van der Waals surface area contributed by atoms with Crippen LogP contribution in [-0.2, 0) is 0 Å². The number of aryl methyl sites for hydroxylation is 1. The lowest BCUT2D eigenvalue weighted by atomic mass is 10.1. The van der Waals surface area contributed by atoms with Gasteiger partial charge in [0, 0.05) is 11.6 Å². The van der Waals surface area contributed by atoms with Gasteiger partial charge >= 0.3 is 0 Å². The van der Waals surface area contributed by atoms with Crippen LogP contribution in [0.25, 0.3) is 10.9 Å². The number of aromatic nitrogens is 1. The Labute approximate surface area is 75.6 Å². The van der Waals surface area contributed by atoms with Gasteiger partial charge in [-0.2, -0.15) is 0 Å². The average Bonchev–Trinajstić information content (AvgIpc) is 2.49. The lowest BCUT2D eigenvalue weighted by molar-refractivity contribution is 0.100. The molecule has 1 aromatic heterocycles. The van der Waals surface area contributed by atoms with E-state index in [4.69, 9.17) is 5.73 Å². The maximum Gasteiger partial charge on any atom is 0.250 e. The minimum Gasteiger partial charge on any atom is -0.366 e. The van der Waals surface area contributed by atoms with Gasteiger partial charge in [0.1, 0.15) is 0 Å². The second-order valence-electron chi connectivity index (χ2n) is 3.12. The number of rotatable bonds is 1. The van der Waals surface area contributed by atoms with Gasteiger partial charge in [-0.25, -0.2) is 0 Å². The number of hydrogen-bond acceptors (Lipinski definition) is 1. The van der Waals surface area contributed by atoms with Crippen molar-refractivity contribution in [3.8, 4) is 0 Å². The lowest BCUT2D eigenvalue weighted by Crippen LogP contribution is -2.11. The molecule has 0 unspecified atom stereocenters. The molecule has 0 spiro atoms. The van der Waals surface area contributed by atoms with Crippen LogP contribution in [0.15, 0.2) is 24.4 Å². The first-order chi connectivity index (χ1) is 6.18. The Morgan fingerprint density at radius 2 is 2.23 bits per heavy atom. The van der Waals surface area contributed by atoms with Gasteiger partial charge in [0.2, 0.25) is 0 Å². The highest BCUT2D eigenvalue weighted by Gasteiger charge is 2.07. The van der Waals surface area contributed by atoms with Crippen LogP contribution in [0, 0.1) is 6.92 Å². The summed E-state index contributed by atoms with van der Waals surface area (Å²) in [5, 5.41) is 1.02. The molecule has 13 heavy (non-hydrogen) atoms. The minimum atomic E-state index is -0.392. The number of carbonyl (C=O) groups excluding carboxylic acids is 1. The predicted molar refractivity (Wildman–Crippen MR) is 51.6 cm³/mol. The summed E-state index contributed by atoms with van der Waals surface area (Å²) in [6.45, 7) is 1.94. The molecule has 2 aromatic rings. The van der Waals surface area contributed by atoms with Crippen molar-refractivity contribution < 1.29 is 4.79 Å². The summed E-state index contributed by atoms with van der Waals surface area (Å²) in [4.78, 5) is 14.1. The molecule has 0 saturated heterocycles. The van der Waals surface area contributed by atoms with Crippen LogP contribution in [0.1, 0.15) is 15.9 Å². The van der Waals surface area contributed by atoms with Gasteiger partial charge in [0.15, 0.2) is 0 Å². The highest BCUT2D eigenvalue weighted by molar-refractivity contribution is 6.05. The number of carbonyl (C=O) groups is 1. The Hall–Kier alpha value is -1.77. The van der Waals surface area contributed by atoms with Crippen molar-refractivity contribution in [1.82, 2.24) is 4.98 Å². The largest absolute Gasteiger partial charge is 0.366 e. The molecule has 1 aromatic carbocycles. The van der Waals surface area contributed by atoms with Gasteiger partial charge in [-0.3, -0.25) is 4.79 Å². The van der Waals surface area contributed by atoms with E-state index in [1.165, 1.54) is 0 Å². The molecule has 0 aliphatic heterocycles. The Bertz CT molecular complexity index is 471. The Balaban J connectivity index is 2.84. The fraction of sp³-hybridized carbons (Fsp3) is 0.100. The van der Waals surface area contributed by atoms with E-state index in [-0.39, 0.29) is 0 Å². The number of amides is 1. The number of nitrogens with one attached hydrogen (secondary N) is 1. The molecule has 0 aliphatic rings. The lowest BCUT2D eigenvalue weighted by Gasteiger charge is -2.00. The fourth-order valence-electron chi connectivity index (χ4n) is 1.52. The average molecular weight is 174 g/mol. The van der Waals surface area contributed by atoms with Crippen molar-refractivity contribution in [2.24, 2.45) is 5.73 Å². The molecule has 66 valence electrons. The van der Waals surface area contributed by atoms with Crippen LogP contribution >= 0.6 is 0 Å². The Morgan fingerprint density at radius 3 is 2.92 bits per heavy atom. The number of primary amides is 1. The van der Waals surface area contributed by atoms with Gasteiger partial charge in [-0.05, 0) is 30.7 Å².